The van der Waals surface area contributed by atoms with E-state index in [2.05, 4.69) is 88.4 Å². The van der Waals surface area contributed by atoms with Crippen molar-refractivity contribution in [3.8, 4) is 0 Å². The van der Waals surface area contributed by atoms with Gasteiger partial charge < -0.3 is 109 Å². The summed E-state index contributed by atoms with van der Waals surface area (Å²) in [5, 5.41) is 26.7. The number of nitrogens with zero attached hydrogens (tertiary/aromatic N) is 4. The second kappa shape index (κ2) is 49.6. The molecule has 2 aliphatic heterocycles. The average Bonchev–Trinajstić information content (AvgIpc) is 1.64. The number of nitrogens with two attached hydrogens (primary N) is 8. The zero-order chi connectivity index (χ0) is 76.6. The van der Waals surface area contributed by atoms with Crippen molar-refractivity contribution in [1.29, 1.82) is 0 Å². The Morgan fingerprint density at radius 1 is 0.480 bits per heavy atom. The van der Waals surface area contributed by atoms with Gasteiger partial charge in [0.1, 0.15) is 66.5 Å². The van der Waals surface area contributed by atoms with E-state index < -0.39 is 162 Å². The molecule has 0 aliphatic carbocycles. The van der Waals surface area contributed by atoms with Crippen molar-refractivity contribution in [1.82, 2.24) is 63.0 Å². The maximum atomic E-state index is 14.7. The number of hydrogen-bond acceptors (Lipinski definition) is 22. The van der Waals surface area contributed by atoms with Crippen molar-refractivity contribution in [2.24, 2.45) is 67.7 Å². The van der Waals surface area contributed by atoms with Gasteiger partial charge in [-0.3, -0.25) is 72.3 Å². The van der Waals surface area contributed by atoms with E-state index in [4.69, 9.17) is 45.9 Å². The van der Waals surface area contributed by atoms with Gasteiger partial charge in [-0.1, -0.05) is 34.1 Å². The number of rotatable bonds is 50. The predicted octanol–water partition coefficient (Wildman–Crippen LogP) is -5.31. The summed E-state index contributed by atoms with van der Waals surface area (Å²) >= 11 is 11.3. The quantitative estimate of drug-likeness (QED) is 0.0117. The Morgan fingerprint density at radius 2 is 0.863 bits per heavy atom. The number of nitrogens with one attached hydrogen (secondary N) is 10. The Morgan fingerprint density at radius 3 is 1.28 bits per heavy atom. The Labute approximate surface area is 618 Å². The second-order valence-corrected chi connectivity index (χ2v) is 28.3. The number of aliphatic imine (C=N–C) groups is 2. The molecule has 2 heterocycles. The lowest BCUT2D eigenvalue weighted by Crippen LogP contribution is -2.60. The number of carbonyl (C=O) groups excluding carboxylic acids is 13. The van der Waals surface area contributed by atoms with Crippen LogP contribution in [-0.2, 0) is 62.3 Å². The fraction of sp³-hybridized carbons (Fsp3) is 0.762. The van der Waals surface area contributed by atoms with E-state index in [0.717, 1.165) is 0 Å². The Hall–Kier alpha value is -7.07. The maximum absolute atomic E-state index is 14.7. The lowest BCUT2D eigenvalue weighted by atomic mass is 9.98. The van der Waals surface area contributed by atoms with Gasteiger partial charge in [-0.25, -0.2) is 0 Å². The molecule has 2 fully saturated rings. The highest BCUT2D eigenvalue weighted by Crippen LogP contribution is 2.23. The lowest BCUT2D eigenvalue weighted by Gasteiger charge is -2.30. The third kappa shape index (κ3) is 32.3. The minimum absolute atomic E-state index is 0.00724. The highest BCUT2D eigenvalue weighted by atomic mass is 32.2. The van der Waals surface area contributed by atoms with Gasteiger partial charge in [0, 0.05) is 37.7 Å². The largest absolute Gasteiger partial charge is 0.370 e. The van der Waals surface area contributed by atoms with Gasteiger partial charge in [0.25, 0.3) is 0 Å². The zero-order valence-electron chi connectivity index (χ0n) is 59.8. The van der Waals surface area contributed by atoms with Crippen molar-refractivity contribution in [2.45, 2.75) is 209 Å². The molecule has 0 saturated carbocycles. The summed E-state index contributed by atoms with van der Waals surface area (Å²) < 4.78 is 0. The molecule has 13 atom stereocenters. The Kier molecular flexibility index (Phi) is 44.2. The summed E-state index contributed by atoms with van der Waals surface area (Å²) in [6.45, 7) is 7.45. The number of unbranched alkanes of at least 4 members (excludes halogenated alkanes) is 2. The molecule has 2 aliphatic rings. The summed E-state index contributed by atoms with van der Waals surface area (Å²) in [5.74, 6) is -10.0. The molecule has 39 heteroatoms. The van der Waals surface area contributed by atoms with Crippen LogP contribution < -0.4 is 99.0 Å². The normalized spacial score (nSPS) is 17.4. The fourth-order valence-corrected chi connectivity index (χ4v) is 12.6. The molecule has 0 aromatic rings. The molecule has 2 rings (SSSR count). The highest BCUT2D eigenvalue weighted by molar-refractivity contribution is 7.98. The van der Waals surface area contributed by atoms with Gasteiger partial charge in [0.15, 0.2) is 11.9 Å². The van der Waals surface area contributed by atoms with E-state index >= 15 is 0 Å². The van der Waals surface area contributed by atoms with Gasteiger partial charge >= 0.3 is 0 Å². The molecule has 0 radical (unpaired) electrons. The number of amides is 13. The third-order valence-corrected chi connectivity index (χ3v) is 19.4. The molecule has 2 saturated heterocycles. The topological polar surface area (TPSA) is 582 Å². The summed E-state index contributed by atoms with van der Waals surface area (Å²) in [4.78, 5) is 191. The number of guanidine groups is 2. The molecule has 0 aromatic carbocycles. The van der Waals surface area contributed by atoms with Crippen LogP contribution in [0.5, 0.6) is 0 Å². The summed E-state index contributed by atoms with van der Waals surface area (Å²) in [7, 11) is 0. The van der Waals surface area contributed by atoms with Crippen LogP contribution in [0.4, 0.5) is 0 Å². The van der Waals surface area contributed by atoms with Gasteiger partial charge in [-0.15, -0.1) is 0 Å². The van der Waals surface area contributed by atoms with Crippen molar-refractivity contribution in [2.75, 3.05) is 81.3 Å². The Bertz CT molecular complexity index is 2810. The first-order valence-electron chi connectivity index (χ1n) is 34.8. The maximum Gasteiger partial charge on any atom is 0.245 e. The van der Waals surface area contributed by atoms with E-state index in [0.29, 0.717) is 69.4 Å². The van der Waals surface area contributed by atoms with E-state index in [1.807, 2.05) is 20.1 Å². The van der Waals surface area contributed by atoms with Crippen molar-refractivity contribution < 1.29 is 62.3 Å². The van der Waals surface area contributed by atoms with Gasteiger partial charge in [0.05, 0.1) is 12.6 Å². The lowest BCUT2D eigenvalue weighted by molar-refractivity contribution is -0.142. The Balaban J connectivity index is 2.37. The predicted molar refractivity (Wildman–Crippen MR) is 401 cm³/mol. The van der Waals surface area contributed by atoms with E-state index in [1.165, 1.54) is 33.3 Å². The van der Waals surface area contributed by atoms with E-state index in [1.54, 1.807) is 20.1 Å². The SMILES string of the molecule is CC[C@H](C)[C@H](N)C(=O)N1CCC[C@H]1C(=O)N[C@@H](CCCN=C(N)N)C(=O)N[C@@H](CS)C(=O)N[C@@H](CCCN=C(N)N)C(=O)N[C@@H](CCCCN)C(=O)N[C@@H](CCSC)C(=O)N1CCC[C@H]1C(=O)NCC(=O)N[C@H](C(=O)N[C@@H](CCCCN)C(=O)N[C@@H](CCSC)C(=O)N[C@@H](CS)C(N)=O)C(C)C. The van der Waals surface area contributed by atoms with Crippen LogP contribution in [0.25, 0.3) is 0 Å². The summed E-state index contributed by atoms with van der Waals surface area (Å²) in [5.41, 5.74) is 45.5. The van der Waals surface area contributed by atoms with Crippen molar-refractivity contribution in [3.05, 3.63) is 0 Å². The fourth-order valence-electron chi connectivity index (χ4n) is 11.2. The number of carbonyl (C=O) groups is 13. The first-order valence-corrected chi connectivity index (χ1v) is 38.9. The first-order chi connectivity index (χ1) is 48.4. The van der Waals surface area contributed by atoms with Crippen LogP contribution >= 0.6 is 48.8 Å². The van der Waals surface area contributed by atoms with Crippen LogP contribution in [0.2, 0.25) is 0 Å². The molecule has 0 spiro atoms. The number of primary amides is 1. The van der Waals surface area contributed by atoms with E-state index in [9.17, 15) is 62.3 Å². The van der Waals surface area contributed by atoms with Crippen LogP contribution in [0.1, 0.15) is 137 Å². The second-order valence-electron chi connectivity index (χ2n) is 25.6. The molecule has 580 valence electrons. The molecule has 35 nitrogen and oxygen atoms in total. The summed E-state index contributed by atoms with van der Waals surface area (Å²) in [6.07, 6.45) is 7.92. The van der Waals surface area contributed by atoms with Crippen LogP contribution in [0.15, 0.2) is 9.98 Å². The standard InChI is InChI=1S/C63H116N22O13S4/c1-7-36(4)48(66)61(98)85-29-15-21-46(85)58(95)78-40(19-13-27-73-63(70)71)54(91)82-44(34-100)56(93)76-39(18-12-26-72-62(68)69)52(89)75-37(16-8-10-24-64)53(90)80-42(23-31-102-6)60(97)84-28-14-20-45(84)57(94)74-32-47(86)83-49(35(2)3)59(96)79-38(17-9-11-25-65)51(88)77-41(22-30-101-5)55(92)81-43(33-99)50(67)87/h35-46,48-49,99-100H,7-34,64-66H2,1-6H3,(H2,67,87)(H,74,94)(H,75,89)(H,76,93)(H,77,88)(H,78,95)(H,79,96)(H,80,90)(H,81,92)(H,82,91)(H,83,86)(H4,68,69,72)(H4,70,71,73)/t36-,37-,38-,39-,40-,41-,42-,43-,44-,45-,46-,48-,49-/m0/s1. The van der Waals surface area contributed by atoms with Crippen molar-refractivity contribution >= 4 is 137 Å². The molecule has 102 heavy (non-hydrogen) atoms. The first kappa shape index (κ1) is 91.0. The van der Waals surface area contributed by atoms with Crippen LogP contribution in [0.3, 0.4) is 0 Å². The van der Waals surface area contributed by atoms with Crippen LogP contribution in [0, 0.1) is 11.8 Å². The smallest absolute Gasteiger partial charge is 0.245 e. The molecule has 0 bridgehead atoms. The number of likely N-dealkylation sites (tertiary alicyclic amines) is 2. The van der Waals surface area contributed by atoms with Gasteiger partial charge in [0.2, 0.25) is 76.8 Å². The number of thioether (sulfide) groups is 2. The van der Waals surface area contributed by atoms with Gasteiger partial charge in [-0.2, -0.15) is 48.8 Å². The van der Waals surface area contributed by atoms with Gasteiger partial charge in [-0.05, 0) is 152 Å². The van der Waals surface area contributed by atoms with E-state index in [-0.39, 0.29) is 120 Å². The number of thiol groups is 2. The van der Waals surface area contributed by atoms with Crippen molar-refractivity contribution in [3.63, 3.8) is 0 Å². The highest BCUT2D eigenvalue weighted by Gasteiger charge is 2.42. The molecule has 0 unspecified atom stereocenters. The average molecular weight is 1520 g/mol. The molecule has 0 aromatic heterocycles. The number of hydrogen-bond donors (Lipinski definition) is 20. The zero-order valence-corrected chi connectivity index (χ0v) is 63.2. The minimum Gasteiger partial charge on any atom is -0.370 e. The monoisotopic (exact) mass is 1520 g/mol. The molecule has 13 amide bonds. The van der Waals surface area contributed by atoms with Crippen LogP contribution in [-0.4, -0.2) is 252 Å². The summed E-state index contributed by atoms with van der Waals surface area (Å²) in [6, 6.07) is -14.1. The third-order valence-electron chi connectivity index (χ3n) is 17.4. The molecular formula is C63H116N22O13S4. The molecule has 26 N–H and O–H groups in total. The molecular weight excluding hydrogens is 1400 g/mol. The minimum atomic E-state index is -1.41.